The summed E-state index contributed by atoms with van der Waals surface area (Å²) in [7, 11) is -2.17. The maximum atomic E-state index is 12.0. The van der Waals surface area contributed by atoms with E-state index >= 15 is 0 Å². The van der Waals surface area contributed by atoms with E-state index < -0.39 is 36.1 Å². The summed E-state index contributed by atoms with van der Waals surface area (Å²) < 4.78 is 35.9. The lowest BCUT2D eigenvalue weighted by Crippen LogP contribution is -2.12. The van der Waals surface area contributed by atoms with Crippen LogP contribution in [-0.4, -0.2) is 37.6 Å². The van der Waals surface area contributed by atoms with E-state index in [0.717, 1.165) is 0 Å². The predicted molar refractivity (Wildman–Crippen MR) is 47.8 cm³/mol. The van der Waals surface area contributed by atoms with E-state index in [-0.39, 0.29) is 6.20 Å². The van der Waals surface area contributed by atoms with Crippen LogP contribution >= 0.6 is 0 Å². The third-order valence-electron chi connectivity index (χ3n) is 1.35. The first-order valence-electron chi connectivity index (χ1n) is 3.82. The van der Waals surface area contributed by atoms with Crippen LogP contribution in [0.5, 0.6) is 11.5 Å². The molecule has 0 radical (unpaired) electrons. The fourth-order valence-corrected chi connectivity index (χ4v) is 0.726. The SMILES string of the molecule is O=c1[nH]cc(C(F)(F)F)c(O)c1O.OB(O)O. The number of H-pyrrole nitrogens is 1. The van der Waals surface area contributed by atoms with Gasteiger partial charge < -0.3 is 30.3 Å². The van der Waals surface area contributed by atoms with Crippen molar-refractivity contribution in [2.75, 3.05) is 0 Å². The Morgan fingerprint density at radius 2 is 1.53 bits per heavy atom. The van der Waals surface area contributed by atoms with Crippen molar-refractivity contribution in [2.45, 2.75) is 6.18 Å². The van der Waals surface area contributed by atoms with Gasteiger partial charge in [-0.05, 0) is 0 Å². The molecule has 1 aromatic heterocycles. The summed E-state index contributed by atoms with van der Waals surface area (Å²) in [6.45, 7) is 0. The number of aromatic amines is 1. The minimum atomic E-state index is -4.81. The quantitative estimate of drug-likeness (QED) is 0.322. The Morgan fingerprint density at radius 1 is 1.12 bits per heavy atom. The summed E-state index contributed by atoms with van der Waals surface area (Å²) in [4.78, 5) is 12.1. The van der Waals surface area contributed by atoms with Crippen LogP contribution in [-0.2, 0) is 6.18 Å². The molecule has 6 N–H and O–H groups in total. The predicted octanol–water partition coefficient (Wildman–Crippen LogP) is -1.25. The molecule has 96 valence electrons. The molecule has 0 unspecified atom stereocenters. The summed E-state index contributed by atoms with van der Waals surface area (Å²) in [5, 5.41) is 38.9. The molecule has 0 spiro atoms. The van der Waals surface area contributed by atoms with Gasteiger partial charge in [-0.1, -0.05) is 0 Å². The van der Waals surface area contributed by atoms with Crippen LogP contribution in [0.25, 0.3) is 0 Å². The lowest BCUT2D eigenvalue weighted by molar-refractivity contribution is -0.139. The normalized spacial score (nSPS) is 10.5. The Bertz CT molecular complexity index is 428. The molecule has 0 saturated carbocycles. The second-order valence-electron chi connectivity index (χ2n) is 2.57. The van der Waals surface area contributed by atoms with Gasteiger partial charge in [-0.2, -0.15) is 13.2 Å². The molecule has 0 amide bonds. The van der Waals surface area contributed by atoms with Crippen LogP contribution in [0.2, 0.25) is 0 Å². The molecular weight excluding hydrogens is 250 g/mol. The third-order valence-corrected chi connectivity index (χ3v) is 1.35. The molecular formula is C6H7BF3NO6. The van der Waals surface area contributed by atoms with E-state index in [9.17, 15) is 18.0 Å². The highest BCUT2D eigenvalue weighted by molar-refractivity contribution is 6.30. The van der Waals surface area contributed by atoms with Crippen molar-refractivity contribution in [3.8, 4) is 11.5 Å². The Balaban J connectivity index is 0.000000557. The molecule has 0 saturated heterocycles. The van der Waals surface area contributed by atoms with E-state index in [4.69, 9.17) is 25.3 Å². The Labute approximate surface area is 91.6 Å². The fourth-order valence-electron chi connectivity index (χ4n) is 0.726. The highest BCUT2D eigenvalue weighted by Gasteiger charge is 2.35. The zero-order chi connectivity index (χ0) is 13.8. The topological polar surface area (TPSA) is 134 Å². The molecule has 0 atom stereocenters. The monoisotopic (exact) mass is 257 g/mol. The van der Waals surface area contributed by atoms with Crippen LogP contribution in [0.1, 0.15) is 5.56 Å². The van der Waals surface area contributed by atoms with Crippen LogP contribution in [0.15, 0.2) is 11.0 Å². The van der Waals surface area contributed by atoms with Crippen molar-refractivity contribution in [2.24, 2.45) is 0 Å². The lowest BCUT2D eigenvalue weighted by Gasteiger charge is -2.08. The number of aromatic hydroxyl groups is 2. The van der Waals surface area contributed by atoms with Crippen molar-refractivity contribution < 1.29 is 38.5 Å². The zero-order valence-electron chi connectivity index (χ0n) is 7.93. The first kappa shape index (κ1) is 15.3. The number of alkyl halides is 3. The highest BCUT2D eigenvalue weighted by atomic mass is 19.4. The van der Waals surface area contributed by atoms with E-state index in [1.807, 2.05) is 0 Å². The number of halogens is 3. The van der Waals surface area contributed by atoms with Gasteiger partial charge in [0.15, 0.2) is 5.75 Å². The molecule has 0 aliphatic heterocycles. The molecule has 11 heteroatoms. The standard InChI is InChI=1S/C6H4F3NO3.BH3O3/c7-6(8,9)2-1-10-5(13)4(12)3(2)11;2-1(3)4/h1,12H,(H2,10,11,13);2-4H. The summed E-state index contributed by atoms with van der Waals surface area (Å²) >= 11 is 0. The Morgan fingerprint density at radius 3 is 1.88 bits per heavy atom. The van der Waals surface area contributed by atoms with Crippen molar-refractivity contribution in [3.05, 3.63) is 22.1 Å². The van der Waals surface area contributed by atoms with E-state index in [1.165, 1.54) is 0 Å². The number of pyridine rings is 1. The molecule has 0 aliphatic rings. The Kier molecular flexibility index (Phi) is 5.00. The number of hydrogen-bond donors (Lipinski definition) is 6. The lowest BCUT2D eigenvalue weighted by atomic mass is 10.2. The van der Waals surface area contributed by atoms with Gasteiger partial charge in [-0.25, -0.2) is 0 Å². The second kappa shape index (κ2) is 5.56. The van der Waals surface area contributed by atoms with E-state index in [0.29, 0.717) is 0 Å². The van der Waals surface area contributed by atoms with E-state index in [2.05, 4.69) is 0 Å². The van der Waals surface area contributed by atoms with Crippen LogP contribution < -0.4 is 5.56 Å². The first-order valence-corrected chi connectivity index (χ1v) is 3.82. The number of hydrogen-bond acceptors (Lipinski definition) is 6. The van der Waals surface area contributed by atoms with Crippen molar-refractivity contribution in [1.82, 2.24) is 4.98 Å². The molecule has 7 nitrogen and oxygen atoms in total. The van der Waals surface area contributed by atoms with Gasteiger partial charge in [-0.3, -0.25) is 4.79 Å². The number of rotatable bonds is 0. The summed E-state index contributed by atoms with van der Waals surface area (Å²) in [5.41, 5.74) is -2.66. The minimum Gasteiger partial charge on any atom is -0.504 e. The summed E-state index contributed by atoms with van der Waals surface area (Å²) in [6.07, 6.45) is -4.52. The van der Waals surface area contributed by atoms with Gasteiger partial charge in [0.1, 0.15) is 5.56 Å². The Hall–Kier alpha value is -1.72. The zero-order valence-corrected chi connectivity index (χ0v) is 7.93. The maximum Gasteiger partial charge on any atom is 0.631 e. The van der Waals surface area contributed by atoms with Gasteiger partial charge in [0, 0.05) is 6.20 Å². The summed E-state index contributed by atoms with van der Waals surface area (Å²) in [6, 6.07) is 0. The molecule has 0 aromatic carbocycles. The fraction of sp³-hybridized carbons (Fsp3) is 0.167. The largest absolute Gasteiger partial charge is 0.631 e. The van der Waals surface area contributed by atoms with Crippen LogP contribution in [0, 0.1) is 0 Å². The van der Waals surface area contributed by atoms with Crippen molar-refractivity contribution in [3.63, 3.8) is 0 Å². The molecule has 1 heterocycles. The molecule has 0 aliphatic carbocycles. The van der Waals surface area contributed by atoms with Gasteiger partial charge >= 0.3 is 13.5 Å². The first-order chi connectivity index (χ1) is 7.57. The highest BCUT2D eigenvalue weighted by Crippen LogP contribution is 2.37. The van der Waals surface area contributed by atoms with Crippen molar-refractivity contribution >= 4 is 7.32 Å². The van der Waals surface area contributed by atoms with Crippen LogP contribution in [0.4, 0.5) is 13.2 Å². The van der Waals surface area contributed by atoms with E-state index in [1.54, 1.807) is 4.98 Å². The summed E-state index contributed by atoms with van der Waals surface area (Å²) in [5.74, 6) is -2.80. The third kappa shape index (κ3) is 4.76. The maximum absolute atomic E-state index is 12.0. The minimum absolute atomic E-state index is 0.289. The molecule has 17 heavy (non-hydrogen) atoms. The van der Waals surface area contributed by atoms with Gasteiger partial charge in [-0.15, -0.1) is 0 Å². The number of aromatic nitrogens is 1. The average Bonchev–Trinajstić information content (AvgIpc) is 2.11. The average molecular weight is 257 g/mol. The molecule has 0 fully saturated rings. The van der Waals surface area contributed by atoms with Gasteiger partial charge in [0.25, 0.3) is 5.56 Å². The van der Waals surface area contributed by atoms with Gasteiger partial charge in [0.2, 0.25) is 5.75 Å². The van der Waals surface area contributed by atoms with Gasteiger partial charge in [0.05, 0.1) is 0 Å². The van der Waals surface area contributed by atoms with Crippen molar-refractivity contribution in [1.29, 1.82) is 0 Å². The molecule has 1 rings (SSSR count). The molecule has 1 aromatic rings. The van der Waals surface area contributed by atoms with Crippen LogP contribution in [0.3, 0.4) is 0 Å². The second-order valence-corrected chi connectivity index (χ2v) is 2.57. The smallest absolute Gasteiger partial charge is 0.504 e. The number of nitrogens with one attached hydrogen (secondary N) is 1. The molecule has 0 bridgehead atoms.